The molecule has 138 valence electrons. The third kappa shape index (κ3) is 4.64. The highest BCUT2D eigenvalue weighted by atomic mass is 15.3. The van der Waals surface area contributed by atoms with E-state index >= 15 is 0 Å². The fourth-order valence-corrected chi connectivity index (χ4v) is 3.50. The van der Waals surface area contributed by atoms with Crippen molar-refractivity contribution in [3.8, 4) is 11.3 Å². The van der Waals surface area contributed by atoms with Crippen LogP contribution >= 0.6 is 0 Å². The van der Waals surface area contributed by atoms with Crippen molar-refractivity contribution < 1.29 is 0 Å². The average Bonchev–Trinajstić information content (AvgIpc) is 2.76. The maximum Gasteiger partial charge on any atom is 0.227 e. The minimum Gasteiger partial charge on any atom is -0.370 e. The number of anilines is 2. The number of hydrogen-bond acceptors (Lipinski definition) is 4. The van der Waals surface area contributed by atoms with E-state index in [2.05, 4.69) is 70.9 Å². The van der Waals surface area contributed by atoms with E-state index in [9.17, 15) is 0 Å². The molecule has 27 heavy (non-hydrogen) atoms. The molecule has 4 rings (SSSR count). The summed E-state index contributed by atoms with van der Waals surface area (Å²) in [6.07, 6.45) is 4.72. The predicted octanol–water partition coefficient (Wildman–Crippen LogP) is 4.79. The van der Waals surface area contributed by atoms with Crippen LogP contribution in [-0.4, -0.2) is 29.6 Å². The van der Waals surface area contributed by atoms with Crippen LogP contribution in [0.5, 0.6) is 0 Å². The Morgan fingerprint density at radius 2 is 1.52 bits per heavy atom. The summed E-state index contributed by atoms with van der Waals surface area (Å²) in [7, 11) is 0. The van der Waals surface area contributed by atoms with Crippen LogP contribution in [0.4, 0.5) is 11.8 Å². The summed E-state index contributed by atoms with van der Waals surface area (Å²) >= 11 is 0. The molecule has 0 radical (unpaired) electrons. The zero-order valence-corrected chi connectivity index (χ0v) is 15.6. The summed E-state index contributed by atoms with van der Waals surface area (Å²) in [5, 5.41) is 3.51. The first-order valence-corrected chi connectivity index (χ1v) is 9.86. The Labute approximate surface area is 161 Å². The first-order valence-electron chi connectivity index (χ1n) is 9.86. The van der Waals surface area contributed by atoms with Crippen LogP contribution in [0.2, 0.25) is 0 Å². The van der Waals surface area contributed by atoms with E-state index in [0.717, 1.165) is 49.1 Å². The zero-order valence-electron chi connectivity index (χ0n) is 15.6. The summed E-state index contributed by atoms with van der Waals surface area (Å²) in [6, 6.07) is 23.0. The molecular formula is C23H26N4. The van der Waals surface area contributed by atoms with Crippen LogP contribution in [0.1, 0.15) is 24.8 Å². The van der Waals surface area contributed by atoms with E-state index in [1.54, 1.807) is 0 Å². The molecule has 1 saturated heterocycles. The highest BCUT2D eigenvalue weighted by Crippen LogP contribution is 2.24. The van der Waals surface area contributed by atoms with Crippen molar-refractivity contribution in [3.05, 3.63) is 72.3 Å². The van der Waals surface area contributed by atoms with Gasteiger partial charge >= 0.3 is 0 Å². The molecule has 4 nitrogen and oxygen atoms in total. The first kappa shape index (κ1) is 17.5. The van der Waals surface area contributed by atoms with Gasteiger partial charge in [0.2, 0.25) is 5.95 Å². The van der Waals surface area contributed by atoms with Crippen molar-refractivity contribution in [3.63, 3.8) is 0 Å². The van der Waals surface area contributed by atoms with E-state index in [1.165, 1.54) is 24.8 Å². The first-order chi connectivity index (χ1) is 13.4. The minimum absolute atomic E-state index is 0.846. The number of nitrogens with zero attached hydrogens (tertiary/aromatic N) is 3. The lowest BCUT2D eigenvalue weighted by Gasteiger charge is -2.27. The number of rotatable bonds is 6. The van der Waals surface area contributed by atoms with Gasteiger partial charge in [-0.2, -0.15) is 4.98 Å². The molecular weight excluding hydrogens is 332 g/mol. The molecule has 4 heteroatoms. The molecule has 1 aliphatic rings. The highest BCUT2D eigenvalue weighted by Gasteiger charge is 2.16. The van der Waals surface area contributed by atoms with Crippen molar-refractivity contribution in [2.24, 2.45) is 0 Å². The van der Waals surface area contributed by atoms with E-state index in [4.69, 9.17) is 9.97 Å². The normalized spacial score (nSPS) is 14.1. The number of piperidine rings is 1. The van der Waals surface area contributed by atoms with Crippen LogP contribution in [0.15, 0.2) is 66.7 Å². The third-order valence-corrected chi connectivity index (χ3v) is 4.99. The molecule has 1 fully saturated rings. The number of aromatic nitrogens is 2. The molecule has 0 amide bonds. The van der Waals surface area contributed by atoms with Crippen LogP contribution in [0.3, 0.4) is 0 Å². The second-order valence-electron chi connectivity index (χ2n) is 7.01. The highest BCUT2D eigenvalue weighted by molar-refractivity contribution is 5.64. The molecule has 2 aromatic carbocycles. The third-order valence-electron chi connectivity index (χ3n) is 4.99. The molecule has 1 N–H and O–H groups in total. The summed E-state index contributed by atoms with van der Waals surface area (Å²) < 4.78 is 0. The minimum atomic E-state index is 0.846. The molecule has 0 unspecified atom stereocenters. The Hall–Kier alpha value is -2.88. The van der Waals surface area contributed by atoms with Gasteiger partial charge in [-0.1, -0.05) is 60.7 Å². The van der Waals surface area contributed by atoms with Crippen LogP contribution in [0.25, 0.3) is 11.3 Å². The van der Waals surface area contributed by atoms with Gasteiger partial charge in [-0.3, -0.25) is 0 Å². The van der Waals surface area contributed by atoms with E-state index in [0.29, 0.717) is 0 Å². The Kier molecular flexibility index (Phi) is 5.63. The van der Waals surface area contributed by atoms with Gasteiger partial charge in [0.05, 0.1) is 5.69 Å². The Morgan fingerprint density at radius 3 is 2.26 bits per heavy atom. The smallest absolute Gasteiger partial charge is 0.227 e. The second-order valence-corrected chi connectivity index (χ2v) is 7.01. The fourth-order valence-electron chi connectivity index (χ4n) is 3.50. The molecule has 0 bridgehead atoms. The molecule has 3 aromatic rings. The zero-order chi connectivity index (χ0) is 18.3. The fraction of sp³-hybridized carbons (Fsp3) is 0.304. The van der Waals surface area contributed by atoms with Gasteiger partial charge in [-0.15, -0.1) is 0 Å². The summed E-state index contributed by atoms with van der Waals surface area (Å²) in [4.78, 5) is 12.0. The van der Waals surface area contributed by atoms with Gasteiger partial charge < -0.3 is 10.2 Å². The maximum atomic E-state index is 4.87. The van der Waals surface area contributed by atoms with Gasteiger partial charge in [-0.05, 0) is 31.2 Å². The number of benzene rings is 2. The maximum absolute atomic E-state index is 4.87. The van der Waals surface area contributed by atoms with Crippen molar-refractivity contribution in [2.45, 2.75) is 25.7 Å². The van der Waals surface area contributed by atoms with Crippen molar-refractivity contribution in [1.82, 2.24) is 9.97 Å². The molecule has 0 spiro atoms. The van der Waals surface area contributed by atoms with Crippen molar-refractivity contribution >= 4 is 11.8 Å². The Morgan fingerprint density at radius 1 is 0.815 bits per heavy atom. The molecule has 1 aromatic heterocycles. The number of hydrogen-bond donors (Lipinski definition) is 1. The van der Waals surface area contributed by atoms with Gasteiger partial charge in [0.1, 0.15) is 5.82 Å². The standard InChI is InChI=1S/C23H26N4/c1-4-10-19(11-5-1)14-15-24-22-18-21(20-12-6-2-7-13-20)25-23(26-22)27-16-8-3-9-17-27/h1-2,4-7,10-13,18H,3,8-9,14-17H2,(H,24,25,26). The van der Waals surface area contributed by atoms with Crippen LogP contribution in [-0.2, 0) is 6.42 Å². The number of nitrogens with one attached hydrogen (secondary N) is 1. The molecule has 0 atom stereocenters. The van der Waals surface area contributed by atoms with E-state index < -0.39 is 0 Å². The average molecular weight is 358 g/mol. The molecule has 0 saturated carbocycles. The van der Waals surface area contributed by atoms with Gasteiger partial charge in [0.25, 0.3) is 0 Å². The lowest BCUT2D eigenvalue weighted by atomic mass is 10.1. The monoisotopic (exact) mass is 358 g/mol. The van der Waals surface area contributed by atoms with E-state index in [-0.39, 0.29) is 0 Å². The van der Waals surface area contributed by atoms with E-state index in [1.807, 2.05) is 6.07 Å². The van der Waals surface area contributed by atoms with Crippen LogP contribution in [0, 0.1) is 0 Å². The van der Waals surface area contributed by atoms with Crippen LogP contribution < -0.4 is 10.2 Å². The summed E-state index contributed by atoms with van der Waals surface area (Å²) in [5.41, 5.74) is 3.44. The quantitative estimate of drug-likeness (QED) is 0.688. The second kappa shape index (κ2) is 8.67. The molecule has 0 aliphatic carbocycles. The molecule has 2 heterocycles. The molecule has 1 aliphatic heterocycles. The lowest BCUT2D eigenvalue weighted by molar-refractivity contribution is 0.568. The van der Waals surface area contributed by atoms with Crippen molar-refractivity contribution in [1.29, 1.82) is 0 Å². The van der Waals surface area contributed by atoms with Gasteiger partial charge in [0, 0.05) is 31.3 Å². The van der Waals surface area contributed by atoms with Gasteiger partial charge in [-0.25, -0.2) is 4.98 Å². The lowest BCUT2D eigenvalue weighted by Crippen LogP contribution is -2.31. The van der Waals surface area contributed by atoms with Crippen molar-refractivity contribution in [2.75, 3.05) is 29.9 Å². The Balaban J connectivity index is 1.55. The SMILES string of the molecule is c1ccc(CCNc2cc(-c3ccccc3)nc(N3CCCCC3)n2)cc1. The Bertz CT molecular complexity index is 843. The summed E-state index contributed by atoms with van der Waals surface area (Å²) in [6.45, 7) is 2.94. The largest absolute Gasteiger partial charge is 0.370 e. The van der Waals surface area contributed by atoms with Gasteiger partial charge in [0.15, 0.2) is 0 Å². The topological polar surface area (TPSA) is 41.1 Å². The summed E-state index contributed by atoms with van der Waals surface area (Å²) in [5.74, 6) is 1.75. The predicted molar refractivity (Wildman–Crippen MR) is 112 cm³/mol.